The van der Waals surface area contributed by atoms with Crippen LogP contribution in [-0.4, -0.2) is 60.1 Å². The van der Waals surface area contributed by atoms with Gasteiger partial charge in [0.15, 0.2) is 0 Å². The van der Waals surface area contributed by atoms with Crippen molar-refractivity contribution in [3.05, 3.63) is 12.2 Å². The van der Waals surface area contributed by atoms with Crippen molar-refractivity contribution in [2.75, 3.05) is 39.3 Å². The molecule has 90 valence electrons. The topological polar surface area (TPSA) is 43.8 Å². The first kappa shape index (κ1) is 11.6. The third-order valence-electron chi connectivity index (χ3n) is 3.46. The molecule has 0 spiro atoms. The fourth-order valence-electron chi connectivity index (χ4n) is 2.41. The third kappa shape index (κ3) is 2.62. The van der Waals surface area contributed by atoms with Crippen LogP contribution >= 0.6 is 0 Å². The average Bonchev–Trinajstić information content (AvgIpc) is 2.83. The van der Waals surface area contributed by atoms with E-state index < -0.39 is 0 Å². The summed E-state index contributed by atoms with van der Waals surface area (Å²) in [6, 6.07) is 0. The first-order valence-corrected chi connectivity index (χ1v) is 6.08. The van der Waals surface area contributed by atoms with Crippen molar-refractivity contribution in [2.45, 2.75) is 12.8 Å². The molecule has 0 saturated carbocycles. The van der Waals surface area contributed by atoms with Crippen LogP contribution in [-0.2, 0) is 4.79 Å². The van der Waals surface area contributed by atoms with Crippen LogP contribution in [0.1, 0.15) is 12.8 Å². The van der Waals surface area contributed by atoms with Gasteiger partial charge < -0.3 is 10.0 Å². The fourth-order valence-corrected chi connectivity index (χ4v) is 2.41. The van der Waals surface area contributed by atoms with Gasteiger partial charge in [-0.15, -0.1) is 0 Å². The van der Waals surface area contributed by atoms with Gasteiger partial charge in [0.25, 0.3) is 0 Å². The van der Waals surface area contributed by atoms with E-state index in [1.165, 1.54) is 0 Å². The number of carbonyl (C=O) groups is 1. The quantitative estimate of drug-likeness (QED) is 0.691. The highest BCUT2D eigenvalue weighted by Crippen LogP contribution is 2.20. The van der Waals surface area contributed by atoms with E-state index in [4.69, 9.17) is 5.11 Å². The molecular formula is C12H20N2O2. The van der Waals surface area contributed by atoms with Gasteiger partial charge in [-0.25, -0.2) is 0 Å². The number of hydrogen-bond donors (Lipinski definition) is 1. The van der Waals surface area contributed by atoms with Crippen LogP contribution in [0.25, 0.3) is 0 Å². The Balaban J connectivity index is 1.77. The molecule has 1 saturated heterocycles. The van der Waals surface area contributed by atoms with Crippen LogP contribution in [0.4, 0.5) is 0 Å². The summed E-state index contributed by atoms with van der Waals surface area (Å²) in [5.74, 6) is 0.512. The molecule has 2 aliphatic rings. The highest BCUT2D eigenvalue weighted by molar-refractivity contribution is 5.79. The molecule has 0 unspecified atom stereocenters. The van der Waals surface area contributed by atoms with E-state index in [1.807, 2.05) is 4.90 Å². The Bertz CT molecular complexity index is 262. The van der Waals surface area contributed by atoms with Crippen molar-refractivity contribution < 1.29 is 9.90 Å². The van der Waals surface area contributed by atoms with E-state index in [0.29, 0.717) is 5.91 Å². The highest BCUT2D eigenvalue weighted by atomic mass is 16.3. The maximum Gasteiger partial charge on any atom is 0.226 e. The number of nitrogens with zero attached hydrogens (tertiary/aromatic N) is 2. The molecule has 1 N–H and O–H groups in total. The monoisotopic (exact) mass is 224 g/mol. The Hall–Kier alpha value is -0.870. The predicted molar refractivity (Wildman–Crippen MR) is 62.0 cm³/mol. The van der Waals surface area contributed by atoms with Gasteiger partial charge in [0.05, 0.1) is 6.61 Å². The maximum absolute atomic E-state index is 12.1. The van der Waals surface area contributed by atoms with Crippen LogP contribution in [0.15, 0.2) is 12.2 Å². The second-order valence-electron chi connectivity index (χ2n) is 4.53. The summed E-state index contributed by atoms with van der Waals surface area (Å²) in [4.78, 5) is 16.3. The van der Waals surface area contributed by atoms with Crippen LogP contribution in [0.2, 0.25) is 0 Å². The molecule has 1 heterocycles. The minimum atomic E-state index is 0.199. The van der Waals surface area contributed by atoms with Crippen molar-refractivity contribution in [1.29, 1.82) is 0 Å². The molecule has 0 aromatic rings. The molecule has 0 aromatic carbocycles. The number of amides is 1. The van der Waals surface area contributed by atoms with Crippen molar-refractivity contribution in [3.63, 3.8) is 0 Å². The van der Waals surface area contributed by atoms with E-state index in [0.717, 1.165) is 45.6 Å². The summed E-state index contributed by atoms with van der Waals surface area (Å²) in [5.41, 5.74) is 0. The first-order valence-electron chi connectivity index (χ1n) is 6.08. The Morgan fingerprint density at radius 2 is 1.81 bits per heavy atom. The minimum absolute atomic E-state index is 0.199. The summed E-state index contributed by atoms with van der Waals surface area (Å²) in [5, 5.41) is 8.84. The number of aliphatic hydroxyl groups excluding tert-OH is 1. The maximum atomic E-state index is 12.1. The molecule has 1 amide bonds. The van der Waals surface area contributed by atoms with Gasteiger partial charge in [0.1, 0.15) is 0 Å². The van der Waals surface area contributed by atoms with Gasteiger partial charge in [-0.2, -0.15) is 0 Å². The van der Waals surface area contributed by atoms with Crippen molar-refractivity contribution in [3.8, 4) is 0 Å². The molecule has 0 atom stereocenters. The number of allylic oxidation sites excluding steroid dienone is 2. The lowest BCUT2D eigenvalue weighted by molar-refractivity contribution is -0.137. The van der Waals surface area contributed by atoms with E-state index in [9.17, 15) is 4.79 Å². The number of hydrogen-bond acceptors (Lipinski definition) is 3. The van der Waals surface area contributed by atoms with Gasteiger partial charge in [0.2, 0.25) is 5.91 Å². The fraction of sp³-hybridized carbons (Fsp3) is 0.750. The normalized spacial score (nSPS) is 22.9. The number of carbonyl (C=O) groups excluding carboxylic acids is 1. The zero-order chi connectivity index (χ0) is 11.4. The molecule has 0 radical (unpaired) electrons. The SMILES string of the molecule is O=C(C1CC=CC1)N1CCN(CCO)CC1. The number of rotatable bonds is 3. The van der Waals surface area contributed by atoms with E-state index in [1.54, 1.807) is 0 Å². The van der Waals surface area contributed by atoms with Crippen molar-refractivity contribution in [1.82, 2.24) is 9.80 Å². The van der Waals surface area contributed by atoms with Gasteiger partial charge in [-0.05, 0) is 12.8 Å². The van der Waals surface area contributed by atoms with Crippen LogP contribution < -0.4 is 0 Å². The summed E-state index contributed by atoms with van der Waals surface area (Å²) in [6.07, 6.45) is 6.03. The Morgan fingerprint density at radius 1 is 1.19 bits per heavy atom. The van der Waals surface area contributed by atoms with Crippen LogP contribution in [0.3, 0.4) is 0 Å². The van der Waals surface area contributed by atoms with E-state index in [2.05, 4.69) is 17.1 Å². The lowest BCUT2D eigenvalue weighted by Crippen LogP contribution is -2.50. The molecule has 16 heavy (non-hydrogen) atoms. The van der Waals surface area contributed by atoms with E-state index in [-0.39, 0.29) is 12.5 Å². The summed E-state index contributed by atoms with van der Waals surface area (Å²) in [7, 11) is 0. The largest absolute Gasteiger partial charge is 0.395 e. The Labute approximate surface area is 96.5 Å². The molecule has 0 bridgehead atoms. The Morgan fingerprint density at radius 3 is 2.38 bits per heavy atom. The predicted octanol–water partition coefficient (Wildman–Crippen LogP) is 0.0891. The van der Waals surface area contributed by atoms with Gasteiger partial charge in [-0.3, -0.25) is 9.69 Å². The number of piperazine rings is 1. The average molecular weight is 224 g/mol. The second kappa shape index (κ2) is 5.46. The highest BCUT2D eigenvalue weighted by Gasteiger charge is 2.27. The molecular weight excluding hydrogens is 204 g/mol. The smallest absolute Gasteiger partial charge is 0.226 e. The molecule has 1 aliphatic heterocycles. The molecule has 1 aliphatic carbocycles. The van der Waals surface area contributed by atoms with Gasteiger partial charge >= 0.3 is 0 Å². The van der Waals surface area contributed by atoms with Gasteiger partial charge in [0, 0.05) is 38.6 Å². The van der Waals surface area contributed by atoms with Crippen molar-refractivity contribution in [2.24, 2.45) is 5.92 Å². The molecule has 4 nitrogen and oxygen atoms in total. The van der Waals surface area contributed by atoms with Gasteiger partial charge in [-0.1, -0.05) is 12.2 Å². The van der Waals surface area contributed by atoms with Crippen LogP contribution in [0, 0.1) is 5.92 Å². The molecule has 1 fully saturated rings. The number of aliphatic hydroxyl groups is 1. The third-order valence-corrected chi connectivity index (χ3v) is 3.46. The lowest BCUT2D eigenvalue weighted by atomic mass is 10.1. The van der Waals surface area contributed by atoms with Crippen molar-refractivity contribution >= 4 is 5.91 Å². The summed E-state index contributed by atoms with van der Waals surface area (Å²) >= 11 is 0. The first-order chi connectivity index (χ1) is 7.81. The zero-order valence-electron chi connectivity index (χ0n) is 9.64. The lowest BCUT2D eigenvalue weighted by Gasteiger charge is -2.35. The zero-order valence-corrected chi connectivity index (χ0v) is 9.64. The summed E-state index contributed by atoms with van der Waals surface area (Å²) in [6.45, 7) is 4.36. The Kier molecular flexibility index (Phi) is 3.96. The number of β-amino-alcohol motifs (C(OH)–C–C–N with tert-alkyl or cyclic N) is 1. The molecule has 4 heteroatoms. The second-order valence-corrected chi connectivity index (χ2v) is 4.53. The minimum Gasteiger partial charge on any atom is -0.395 e. The standard InChI is InChI=1S/C12H20N2O2/c15-10-9-13-5-7-14(8-6-13)12(16)11-3-1-2-4-11/h1-2,11,15H,3-10H2. The van der Waals surface area contributed by atoms with Crippen LogP contribution in [0.5, 0.6) is 0 Å². The molecule has 0 aromatic heterocycles. The summed E-state index contributed by atoms with van der Waals surface area (Å²) < 4.78 is 0. The molecule has 2 rings (SSSR count). The van der Waals surface area contributed by atoms with E-state index >= 15 is 0 Å².